The summed E-state index contributed by atoms with van der Waals surface area (Å²) in [6.07, 6.45) is -0.310. The van der Waals surface area contributed by atoms with E-state index in [2.05, 4.69) is 0 Å². The van der Waals surface area contributed by atoms with Gasteiger partial charge >= 0.3 is 0 Å². The van der Waals surface area contributed by atoms with Gasteiger partial charge in [0, 0.05) is 18.6 Å². The van der Waals surface area contributed by atoms with Crippen molar-refractivity contribution in [2.45, 2.75) is 25.6 Å². The Morgan fingerprint density at radius 3 is 2.79 bits per heavy atom. The second kappa shape index (κ2) is 6.37. The van der Waals surface area contributed by atoms with Crippen molar-refractivity contribution in [3.05, 3.63) is 28.8 Å². The molecule has 2 atom stereocenters. The van der Waals surface area contributed by atoms with Crippen LogP contribution < -0.4 is 4.74 Å². The Morgan fingerprint density at radius 2 is 2.16 bits per heavy atom. The van der Waals surface area contributed by atoms with Crippen molar-refractivity contribution in [2.75, 3.05) is 20.3 Å². The zero-order valence-corrected chi connectivity index (χ0v) is 11.8. The maximum atomic E-state index is 11.5. The highest BCUT2D eigenvalue weighted by Gasteiger charge is 2.42. The Hall–Kier alpha value is -1.10. The average molecular weight is 285 g/mol. The van der Waals surface area contributed by atoms with Crippen LogP contribution in [-0.4, -0.2) is 38.3 Å². The van der Waals surface area contributed by atoms with Crippen molar-refractivity contribution in [3.63, 3.8) is 0 Å². The van der Waals surface area contributed by atoms with Gasteiger partial charge in [0.2, 0.25) is 0 Å². The monoisotopic (exact) mass is 284 g/mol. The highest BCUT2D eigenvalue weighted by atomic mass is 35.5. The summed E-state index contributed by atoms with van der Waals surface area (Å²) < 4.78 is 16.1. The van der Waals surface area contributed by atoms with Gasteiger partial charge in [0.05, 0.1) is 13.2 Å². The maximum Gasteiger partial charge on any atom is 0.169 e. The summed E-state index contributed by atoms with van der Waals surface area (Å²) in [6.45, 7) is 2.77. The molecule has 1 aliphatic carbocycles. The minimum Gasteiger partial charge on any atom is -0.487 e. The van der Waals surface area contributed by atoms with Gasteiger partial charge in [0.1, 0.15) is 11.9 Å². The van der Waals surface area contributed by atoms with Crippen molar-refractivity contribution in [1.29, 1.82) is 0 Å². The molecule has 0 heterocycles. The molecule has 5 heteroatoms. The first-order chi connectivity index (χ1) is 9.11. The number of Topliss-reactive ketones (excluding diaryl/α,β-unsaturated/α-hetero) is 1. The van der Waals surface area contributed by atoms with Gasteiger partial charge in [0.25, 0.3) is 0 Å². The molecule has 1 aromatic rings. The summed E-state index contributed by atoms with van der Waals surface area (Å²) in [5, 5.41) is 0.699. The minimum atomic E-state index is -0.480. The molecule has 0 saturated heterocycles. The predicted molar refractivity (Wildman–Crippen MR) is 71.8 cm³/mol. The standard InChI is InChI=1S/C14H17ClO4/c1-9-7-10(3-4-11(9)15)19-13-8-12(16)14(13)18-6-5-17-2/h3-4,7,13-14H,5-6,8H2,1-2H3. The van der Waals surface area contributed by atoms with Crippen LogP contribution in [0.15, 0.2) is 18.2 Å². The third kappa shape index (κ3) is 3.47. The fourth-order valence-electron chi connectivity index (χ4n) is 1.90. The van der Waals surface area contributed by atoms with Gasteiger partial charge in [-0.15, -0.1) is 0 Å². The second-order valence-electron chi connectivity index (χ2n) is 4.52. The van der Waals surface area contributed by atoms with Crippen LogP contribution in [0, 0.1) is 6.92 Å². The number of ether oxygens (including phenoxy) is 3. The second-order valence-corrected chi connectivity index (χ2v) is 4.93. The molecule has 0 spiro atoms. The first-order valence-corrected chi connectivity index (χ1v) is 6.55. The molecule has 0 radical (unpaired) electrons. The molecule has 0 amide bonds. The molecule has 104 valence electrons. The number of ketones is 1. The lowest BCUT2D eigenvalue weighted by atomic mass is 9.90. The molecular formula is C14H17ClO4. The number of carbonyl (C=O) groups excluding carboxylic acids is 1. The number of methoxy groups -OCH3 is 1. The van der Waals surface area contributed by atoms with E-state index < -0.39 is 6.10 Å². The molecule has 19 heavy (non-hydrogen) atoms. The van der Waals surface area contributed by atoms with Crippen LogP contribution in [0.4, 0.5) is 0 Å². The van der Waals surface area contributed by atoms with Crippen molar-refractivity contribution in [1.82, 2.24) is 0 Å². The Morgan fingerprint density at radius 1 is 1.37 bits per heavy atom. The Kier molecular flexibility index (Phi) is 4.80. The number of aryl methyl sites for hydroxylation is 1. The Balaban J connectivity index is 1.91. The molecule has 0 N–H and O–H groups in total. The third-order valence-electron chi connectivity index (χ3n) is 3.06. The van der Waals surface area contributed by atoms with Gasteiger partial charge in [-0.3, -0.25) is 4.79 Å². The fourth-order valence-corrected chi connectivity index (χ4v) is 2.01. The molecular weight excluding hydrogens is 268 g/mol. The Labute approximate surface area is 117 Å². The average Bonchev–Trinajstić information content (AvgIpc) is 2.38. The van der Waals surface area contributed by atoms with E-state index in [1.165, 1.54) is 0 Å². The molecule has 0 bridgehead atoms. The SMILES string of the molecule is COCCOC1C(=O)CC1Oc1ccc(Cl)c(C)c1. The molecule has 1 fully saturated rings. The van der Waals surface area contributed by atoms with E-state index in [1.54, 1.807) is 19.2 Å². The summed E-state index contributed by atoms with van der Waals surface area (Å²) in [7, 11) is 1.59. The largest absolute Gasteiger partial charge is 0.487 e. The van der Waals surface area contributed by atoms with Crippen LogP contribution in [0.5, 0.6) is 5.75 Å². The van der Waals surface area contributed by atoms with E-state index in [1.807, 2.05) is 13.0 Å². The van der Waals surface area contributed by atoms with E-state index in [-0.39, 0.29) is 11.9 Å². The first kappa shape index (κ1) is 14.3. The molecule has 0 aliphatic heterocycles. The lowest BCUT2D eigenvalue weighted by molar-refractivity contribution is -0.156. The van der Waals surface area contributed by atoms with Crippen molar-refractivity contribution in [2.24, 2.45) is 0 Å². The molecule has 1 aromatic carbocycles. The van der Waals surface area contributed by atoms with Crippen LogP contribution >= 0.6 is 11.6 Å². The number of rotatable bonds is 6. The van der Waals surface area contributed by atoms with Gasteiger partial charge in [0.15, 0.2) is 11.9 Å². The number of carbonyl (C=O) groups is 1. The van der Waals surface area contributed by atoms with Gasteiger partial charge < -0.3 is 14.2 Å². The summed E-state index contributed by atoms with van der Waals surface area (Å²) in [4.78, 5) is 11.5. The highest BCUT2D eigenvalue weighted by molar-refractivity contribution is 6.31. The van der Waals surface area contributed by atoms with E-state index in [9.17, 15) is 4.79 Å². The summed E-state index contributed by atoms with van der Waals surface area (Å²) in [5.74, 6) is 0.784. The van der Waals surface area contributed by atoms with E-state index in [0.29, 0.717) is 30.4 Å². The van der Waals surface area contributed by atoms with Crippen LogP contribution in [-0.2, 0) is 14.3 Å². The van der Waals surface area contributed by atoms with Crippen LogP contribution in [0.1, 0.15) is 12.0 Å². The molecule has 0 aromatic heterocycles. The number of halogens is 1. The van der Waals surface area contributed by atoms with Crippen LogP contribution in [0.3, 0.4) is 0 Å². The first-order valence-electron chi connectivity index (χ1n) is 6.18. The highest BCUT2D eigenvalue weighted by Crippen LogP contribution is 2.28. The van der Waals surface area contributed by atoms with Gasteiger partial charge in [-0.1, -0.05) is 11.6 Å². The zero-order chi connectivity index (χ0) is 13.8. The predicted octanol–water partition coefficient (Wildman–Crippen LogP) is 2.40. The molecule has 2 rings (SSSR count). The Bertz CT molecular complexity index is 461. The van der Waals surface area contributed by atoms with Crippen LogP contribution in [0.2, 0.25) is 5.02 Å². The summed E-state index contributed by atoms with van der Waals surface area (Å²) in [5.41, 5.74) is 0.946. The smallest absolute Gasteiger partial charge is 0.169 e. The topological polar surface area (TPSA) is 44.8 Å². The number of benzene rings is 1. The fraction of sp³-hybridized carbons (Fsp3) is 0.500. The third-order valence-corrected chi connectivity index (χ3v) is 3.48. The van der Waals surface area contributed by atoms with Crippen LogP contribution in [0.25, 0.3) is 0 Å². The summed E-state index contributed by atoms with van der Waals surface area (Å²) >= 11 is 5.95. The van der Waals surface area contributed by atoms with Gasteiger partial charge in [-0.2, -0.15) is 0 Å². The van der Waals surface area contributed by atoms with Crippen molar-refractivity contribution in [3.8, 4) is 5.75 Å². The maximum absolute atomic E-state index is 11.5. The quantitative estimate of drug-likeness (QED) is 0.753. The van der Waals surface area contributed by atoms with Gasteiger partial charge in [-0.25, -0.2) is 0 Å². The number of hydrogen-bond acceptors (Lipinski definition) is 4. The lowest BCUT2D eigenvalue weighted by Crippen LogP contribution is -2.52. The van der Waals surface area contributed by atoms with E-state index in [0.717, 1.165) is 5.56 Å². The zero-order valence-electron chi connectivity index (χ0n) is 11.0. The molecule has 1 aliphatic rings. The normalized spacial score (nSPS) is 22.2. The molecule has 1 saturated carbocycles. The van der Waals surface area contributed by atoms with Crippen molar-refractivity contribution < 1.29 is 19.0 Å². The molecule has 2 unspecified atom stereocenters. The van der Waals surface area contributed by atoms with Gasteiger partial charge in [-0.05, 0) is 30.7 Å². The molecule has 4 nitrogen and oxygen atoms in total. The number of hydrogen-bond donors (Lipinski definition) is 0. The van der Waals surface area contributed by atoms with Crippen molar-refractivity contribution >= 4 is 17.4 Å². The lowest BCUT2D eigenvalue weighted by Gasteiger charge is -2.34. The minimum absolute atomic E-state index is 0.0757. The van der Waals surface area contributed by atoms with E-state index in [4.69, 9.17) is 25.8 Å². The van der Waals surface area contributed by atoms with E-state index >= 15 is 0 Å². The summed E-state index contributed by atoms with van der Waals surface area (Å²) in [6, 6.07) is 5.44.